The Morgan fingerprint density at radius 3 is 3.05 bits per heavy atom. The van der Waals surface area contributed by atoms with Crippen molar-refractivity contribution in [3.05, 3.63) is 24.0 Å². The zero-order chi connectivity index (χ0) is 13.7. The molecular formula is C13H18FN3O2. The monoisotopic (exact) mass is 267 g/mol. The number of carbonyl (C=O) groups excluding carboxylic acids is 1. The molecule has 1 fully saturated rings. The zero-order valence-corrected chi connectivity index (χ0v) is 10.7. The SMILES string of the molecule is Nc1cc(NC(=O)CCCN2CCCO2)ccc1F. The summed E-state index contributed by atoms with van der Waals surface area (Å²) in [5.74, 6) is -0.589. The molecule has 1 heterocycles. The van der Waals surface area contributed by atoms with Gasteiger partial charge in [0.1, 0.15) is 5.82 Å². The summed E-state index contributed by atoms with van der Waals surface area (Å²) in [6, 6.07) is 4.15. The second-order valence-corrected chi connectivity index (χ2v) is 4.50. The molecule has 1 aromatic rings. The maximum absolute atomic E-state index is 13.0. The minimum absolute atomic E-state index is 0.0308. The number of nitrogens with zero attached hydrogens (tertiary/aromatic N) is 1. The fourth-order valence-corrected chi connectivity index (χ4v) is 1.94. The second-order valence-electron chi connectivity index (χ2n) is 4.50. The highest BCUT2D eigenvalue weighted by atomic mass is 19.1. The standard InChI is InChI=1S/C13H18FN3O2/c14-11-5-4-10(9-12(11)15)16-13(18)3-1-6-17-7-2-8-19-17/h4-5,9H,1-3,6-8,15H2,(H,16,18). The van der Waals surface area contributed by atoms with Crippen LogP contribution in [0, 0.1) is 5.82 Å². The number of nitrogens with two attached hydrogens (primary N) is 1. The first-order valence-corrected chi connectivity index (χ1v) is 6.38. The third-order valence-electron chi connectivity index (χ3n) is 2.92. The number of rotatable bonds is 5. The molecule has 1 saturated heterocycles. The molecule has 0 radical (unpaired) electrons. The number of benzene rings is 1. The fourth-order valence-electron chi connectivity index (χ4n) is 1.94. The molecule has 0 atom stereocenters. The van der Waals surface area contributed by atoms with Crippen LogP contribution in [0.5, 0.6) is 0 Å². The highest BCUT2D eigenvalue weighted by molar-refractivity contribution is 5.91. The first kappa shape index (κ1) is 13.8. The molecule has 0 bridgehead atoms. The van der Waals surface area contributed by atoms with E-state index in [0.717, 1.165) is 32.5 Å². The van der Waals surface area contributed by atoms with Crippen molar-refractivity contribution >= 4 is 17.3 Å². The minimum Gasteiger partial charge on any atom is -0.396 e. The summed E-state index contributed by atoms with van der Waals surface area (Å²) < 4.78 is 13.0. The number of nitrogen functional groups attached to an aromatic ring is 1. The Balaban J connectivity index is 1.72. The van der Waals surface area contributed by atoms with Gasteiger partial charge in [-0.1, -0.05) is 0 Å². The highest BCUT2D eigenvalue weighted by Gasteiger charge is 2.12. The first-order valence-electron chi connectivity index (χ1n) is 6.38. The van der Waals surface area contributed by atoms with Crippen LogP contribution in [0.3, 0.4) is 0 Å². The van der Waals surface area contributed by atoms with E-state index < -0.39 is 5.82 Å². The molecule has 0 spiro atoms. The summed E-state index contributed by atoms with van der Waals surface area (Å²) >= 11 is 0. The highest BCUT2D eigenvalue weighted by Crippen LogP contribution is 2.16. The van der Waals surface area contributed by atoms with Crippen molar-refractivity contribution in [3.63, 3.8) is 0 Å². The molecule has 1 aromatic carbocycles. The van der Waals surface area contributed by atoms with Crippen LogP contribution >= 0.6 is 0 Å². The number of hydrogen-bond donors (Lipinski definition) is 2. The van der Waals surface area contributed by atoms with Crippen molar-refractivity contribution in [2.24, 2.45) is 0 Å². The van der Waals surface area contributed by atoms with E-state index in [2.05, 4.69) is 5.32 Å². The van der Waals surface area contributed by atoms with Gasteiger partial charge in [0.15, 0.2) is 0 Å². The Morgan fingerprint density at radius 2 is 2.37 bits per heavy atom. The molecule has 0 aliphatic carbocycles. The number of carbonyl (C=O) groups is 1. The van der Waals surface area contributed by atoms with Gasteiger partial charge in [-0.3, -0.25) is 9.63 Å². The van der Waals surface area contributed by atoms with Crippen LogP contribution in [0.25, 0.3) is 0 Å². The Bertz CT molecular complexity index is 448. The maximum atomic E-state index is 13.0. The third-order valence-corrected chi connectivity index (χ3v) is 2.92. The van der Waals surface area contributed by atoms with Crippen LogP contribution in [-0.2, 0) is 9.63 Å². The van der Waals surface area contributed by atoms with Gasteiger partial charge in [-0.25, -0.2) is 4.39 Å². The molecule has 1 aliphatic rings. The molecule has 5 nitrogen and oxygen atoms in total. The molecule has 6 heteroatoms. The van der Waals surface area contributed by atoms with Gasteiger partial charge >= 0.3 is 0 Å². The summed E-state index contributed by atoms with van der Waals surface area (Å²) in [7, 11) is 0. The Kier molecular flexibility index (Phi) is 4.70. The Morgan fingerprint density at radius 1 is 1.53 bits per heavy atom. The molecular weight excluding hydrogens is 249 g/mol. The van der Waals surface area contributed by atoms with E-state index in [9.17, 15) is 9.18 Å². The number of amides is 1. The number of nitrogens with one attached hydrogen (secondary N) is 1. The van der Waals surface area contributed by atoms with Gasteiger partial charge < -0.3 is 11.1 Å². The van der Waals surface area contributed by atoms with E-state index in [1.165, 1.54) is 18.2 Å². The van der Waals surface area contributed by atoms with E-state index >= 15 is 0 Å². The van der Waals surface area contributed by atoms with E-state index in [1.54, 1.807) is 0 Å². The second kappa shape index (κ2) is 6.49. The smallest absolute Gasteiger partial charge is 0.224 e. The summed E-state index contributed by atoms with van der Waals surface area (Å²) in [6.45, 7) is 2.44. The van der Waals surface area contributed by atoms with E-state index in [0.29, 0.717) is 12.1 Å². The lowest BCUT2D eigenvalue weighted by molar-refractivity contribution is -0.120. The molecule has 3 N–H and O–H groups in total. The van der Waals surface area contributed by atoms with Crippen molar-refractivity contribution in [2.45, 2.75) is 19.3 Å². The van der Waals surface area contributed by atoms with Gasteiger partial charge in [0.25, 0.3) is 0 Å². The number of anilines is 2. The normalized spacial score (nSPS) is 15.6. The predicted octanol–water partition coefficient (Wildman–Crippen LogP) is 1.76. The maximum Gasteiger partial charge on any atom is 0.224 e. The summed E-state index contributed by atoms with van der Waals surface area (Å²) in [6.07, 6.45) is 2.17. The van der Waals surface area contributed by atoms with Crippen LogP contribution in [-0.4, -0.2) is 30.7 Å². The molecule has 1 aliphatic heterocycles. The molecule has 19 heavy (non-hydrogen) atoms. The van der Waals surface area contributed by atoms with Crippen molar-refractivity contribution in [1.82, 2.24) is 5.06 Å². The summed E-state index contributed by atoms with van der Waals surface area (Å²) in [5.41, 5.74) is 5.98. The Hall–Kier alpha value is -1.66. The van der Waals surface area contributed by atoms with Crippen molar-refractivity contribution < 1.29 is 14.0 Å². The largest absolute Gasteiger partial charge is 0.396 e. The summed E-state index contributed by atoms with van der Waals surface area (Å²) in [4.78, 5) is 17.0. The van der Waals surface area contributed by atoms with Gasteiger partial charge in [-0.15, -0.1) is 0 Å². The molecule has 0 unspecified atom stereocenters. The van der Waals surface area contributed by atoms with Crippen molar-refractivity contribution in [2.75, 3.05) is 30.7 Å². The van der Waals surface area contributed by atoms with Crippen LogP contribution in [0.2, 0.25) is 0 Å². The number of hydrogen-bond acceptors (Lipinski definition) is 4. The molecule has 0 aromatic heterocycles. The minimum atomic E-state index is -0.482. The van der Waals surface area contributed by atoms with Crippen LogP contribution in [0.1, 0.15) is 19.3 Å². The van der Waals surface area contributed by atoms with E-state index in [4.69, 9.17) is 10.6 Å². The summed E-state index contributed by atoms with van der Waals surface area (Å²) in [5, 5.41) is 4.57. The number of hydroxylamine groups is 2. The predicted molar refractivity (Wildman–Crippen MR) is 70.8 cm³/mol. The fraction of sp³-hybridized carbons (Fsp3) is 0.462. The lowest BCUT2D eigenvalue weighted by atomic mass is 10.2. The van der Waals surface area contributed by atoms with E-state index in [-0.39, 0.29) is 11.6 Å². The first-order chi connectivity index (χ1) is 9.15. The topological polar surface area (TPSA) is 67.6 Å². The van der Waals surface area contributed by atoms with Crippen LogP contribution < -0.4 is 11.1 Å². The van der Waals surface area contributed by atoms with Gasteiger partial charge in [0.05, 0.1) is 12.3 Å². The molecule has 104 valence electrons. The zero-order valence-electron chi connectivity index (χ0n) is 10.7. The van der Waals surface area contributed by atoms with Gasteiger partial charge in [-0.05, 0) is 31.0 Å². The van der Waals surface area contributed by atoms with Crippen LogP contribution in [0.15, 0.2) is 18.2 Å². The average molecular weight is 267 g/mol. The number of halogens is 1. The van der Waals surface area contributed by atoms with Crippen LogP contribution in [0.4, 0.5) is 15.8 Å². The Labute approximate surface area is 111 Å². The average Bonchev–Trinajstić information content (AvgIpc) is 2.87. The molecule has 2 rings (SSSR count). The third kappa shape index (κ3) is 4.18. The quantitative estimate of drug-likeness (QED) is 0.798. The van der Waals surface area contributed by atoms with Crippen molar-refractivity contribution in [1.29, 1.82) is 0 Å². The van der Waals surface area contributed by atoms with Gasteiger partial charge in [0.2, 0.25) is 5.91 Å². The lowest BCUT2D eigenvalue weighted by Crippen LogP contribution is -2.21. The molecule has 1 amide bonds. The van der Waals surface area contributed by atoms with Gasteiger partial charge in [-0.2, -0.15) is 5.06 Å². The van der Waals surface area contributed by atoms with Gasteiger partial charge in [0, 0.05) is 25.2 Å². The van der Waals surface area contributed by atoms with Crippen molar-refractivity contribution in [3.8, 4) is 0 Å². The molecule has 0 saturated carbocycles. The lowest BCUT2D eigenvalue weighted by Gasteiger charge is -2.13. The van der Waals surface area contributed by atoms with E-state index in [1.807, 2.05) is 5.06 Å².